The van der Waals surface area contributed by atoms with Crippen LogP contribution in [0.3, 0.4) is 0 Å². The van der Waals surface area contributed by atoms with Crippen molar-refractivity contribution in [2.75, 3.05) is 19.7 Å². The minimum Gasteiger partial charge on any atom is -0.449 e. The first-order chi connectivity index (χ1) is 6.24. The van der Waals surface area contributed by atoms with Crippen LogP contribution in [0, 0.1) is 0 Å². The molecule has 1 fully saturated rings. The number of nitrogens with two attached hydrogens (primary N) is 1. The van der Waals surface area contributed by atoms with Gasteiger partial charge in [-0.1, -0.05) is 13.3 Å². The second-order valence-electron chi connectivity index (χ2n) is 3.46. The third-order valence-corrected chi connectivity index (χ3v) is 2.21. The van der Waals surface area contributed by atoms with Gasteiger partial charge in [0.2, 0.25) is 0 Å². The molecule has 1 atom stereocenters. The van der Waals surface area contributed by atoms with Gasteiger partial charge in [0.25, 0.3) is 0 Å². The number of carbonyl (C=O) groups is 1. The van der Waals surface area contributed by atoms with Crippen molar-refractivity contribution in [3.63, 3.8) is 0 Å². The van der Waals surface area contributed by atoms with Gasteiger partial charge in [-0.3, -0.25) is 0 Å². The first-order valence-electron chi connectivity index (χ1n) is 4.91. The molecule has 2 N–H and O–H groups in total. The van der Waals surface area contributed by atoms with E-state index in [0.29, 0.717) is 13.2 Å². The molecular formula is C9H18N2O2. The highest BCUT2D eigenvalue weighted by molar-refractivity contribution is 5.68. The van der Waals surface area contributed by atoms with Crippen LogP contribution in [0.2, 0.25) is 0 Å². The van der Waals surface area contributed by atoms with Crippen molar-refractivity contribution in [3.8, 4) is 0 Å². The summed E-state index contributed by atoms with van der Waals surface area (Å²) in [4.78, 5) is 13.0. The van der Waals surface area contributed by atoms with Crippen molar-refractivity contribution >= 4 is 6.09 Å². The summed E-state index contributed by atoms with van der Waals surface area (Å²) in [6.07, 6.45) is 2.67. The van der Waals surface area contributed by atoms with E-state index in [0.717, 1.165) is 25.8 Å². The van der Waals surface area contributed by atoms with Gasteiger partial charge in [-0.25, -0.2) is 4.79 Å². The number of nitrogens with zero attached hydrogens (tertiary/aromatic N) is 1. The van der Waals surface area contributed by atoms with Crippen molar-refractivity contribution in [2.24, 2.45) is 5.73 Å². The maximum atomic E-state index is 11.3. The number of rotatable bonds is 3. The van der Waals surface area contributed by atoms with Crippen LogP contribution in [0.25, 0.3) is 0 Å². The summed E-state index contributed by atoms with van der Waals surface area (Å²) in [5.74, 6) is 0. The zero-order valence-electron chi connectivity index (χ0n) is 8.16. The van der Waals surface area contributed by atoms with Gasteiger partial charge in [-0.05, 0) is 12.8 Å². The third kappa shape index (κ3) is 3.22. The Kier molecular flexibility index (Phi) is 4.02. The van der Waals surface area contributed by atoms with Gasteiger partial charge in [0.15, 0.2) is 0 Å². The molecule has 1 aliphatic rings. The fraction of sp³-hybridized carbons (Fsp3) is 0.889. The van der Waals surface area contributed by atoms with Crippen molar-refractivity contribution in [1.29, 1.82) is 0 Å². The largest absolute Gasteiger partial charge is 0.449 e. The quantitative estimate of drug-likeness (QED) is 0.668. The Balaban J connectivity index is 2.16. The molecule has 0 bridgehead atoms. The highest BCUT2D eigenvalue weighted by Crippen LogP contribution is 2.08. The van der Waals surface area contributed by atoms with E-state index in [1.807, 2.05) is 0 Å². The van der Waals surface area contributed by atoms with E-state index in [-0.39, 0.29) is 12.1 Å². The van der Waals surface area contributed by atoms with Crippen LogP contribution in [-0.2, 0) is 4.74 Å². The Morgan fingerprint density at radius 3 is 3.00 bits per heavy atom. The summed E-state index contributed by atoms with van der Waals surface area (Å²) in [7, 11) is 0. The van der Waals surface area contributed by atoms with Crippen LogP contribution in [-0.4, -0.2) is 36.7 Å². The van der Waals surface area contributed by atoms with E-state index >= 15 is 0 Å². The predicted molar refractivity (Wildman–Crippen MR) is 50.4 cm³/mol. The average molecular weight is 186 g/mol. The second kappa shape index (κ2) is 5.07. The molecule has 76 valence electrons. The van der Waals surface area contributed by atoms with E-state index in [9.17, 15) is 4.79 Å². The van der Waals surface area contributed by atoms with Crippen molar-refractivity contribution in [2.45, 2.75) is 32.2 Å². The molecule has 1 amide bonds. The normalized spacial score (nSPS) is 22.0. The molecule has 1 heterocycles. The van der Waals surface area contributed by atoms with Gasteiger partial charge in [-0.2, -0.15) is 0 Å². The predicted octanol–water partition coefficient (Wildman–Crippen LogP) is 0.956. The molecule has 1 rings (SSSR count). The Bertz CT molecular complexity index is 173. The van der Waals surface area contributed by atoms with Crippen LogP contribution in [0.5, 0.6) is 0 Å². The smallest absolute Gasteiger partial charge is 0.409 e. The maximum Gasteiger partial charge on any atom is 0.409 e. The molecule has 0 aliphatic carbocycles. The van der Waals surface area contributed by atoms with Crippen molar-refractivity contribution in [3.05, 3.63) is 0 Å². The van der Waals surface area contributed by atoms with Gasteiger partial charge in [0.1, 0.15) is 0 Å². The zero-order chi connectivity index (χ0) is 9.68. The fourth-order valence-electron chi connectivity index (χ4n) is 1.35. The highest BCUT2D eigenvalue weighted by atomic mass is 16.6. The van der Waals surface area contributed by atoms with E-state index < -0.39 is 0 Å². The zero-order valence-corrected chi connectivity index (χ0v) is 8.16. The number of likely N-dealkylation sites (tertiary alicyclic amines) is 1. The second-order valence-corrected chi connectivity index (χ2v) is 3.46. The number of ether oxygens (including phenoxy) is 1. The minimum absolute atomic E-state index is 0.138. The third-order valence-electron chi connectivity index (χ3n) is 2.21. The summed E-state index contributed by atoms with van der Waals surface area (Å²) < 4.78 is 5.05. The Labute approximate surface area is 79.0 Å². The number of carbonyl (C=O) groups excluding carboxylic acids is 1. The minimum atomic E-state index is -0.207. The van der Waals surface area contributed by atoms with Gasteiger partial charge in [0.05, 0.1) is 6.61 Å². The average Bonchev–Trinajstić information content (AvgIpc) is 2.52. The molecule has 4 heteroatoms. The van der Waals surface area contributed by atoms with Crippen LogP contribution in [0.1, 0.15) is 26.2 Å². The summed E-state index contributed by atoms with van der Waals surface area (Å²) >= 11 is 0. The van der Waals surface area contributed by atoms with E-state index in [1.54, 1.807) is 4.90 Å². The van der Waals surface area contributed by atoms with Crippen LogP contribution < -0.4 is 5.73 Å². The van der Waals surface area contributed by atoms with Crippen LogP contribution >= 0.6 is 0 Å². The van der Waals surface area contributed by atoms with E-state index in [2.05, 4.69) is 6.92 Å². The highest BCUT2D eigenvalue weighted by Gasteiger charge is 2.24. The number of hydrogen-bond donors (Lipinski definition) is 1. The van der Waals surface area contributed by atoms with Crippen molar-refractivity contribution < 1.29 is 9.53 Å². The Hall–Kier alpha value is -0.770. The molecule has 13 heavy (non-hydrogen) atoms. The van der Waals surface area contributed by atoms with E-state index in [1.165, 1.54) is 0 Å². The van der Waals surface area contributed by atoms with Gasteiger partial charge in [-0.15, -0.1) is 0 Å². The summed E-state index contributed by atoms with van der Waals surface area (Å²) in [5.41, 5.74) is 5.67. The lowest BCUT2D eigenvalue weighted by molar-refractivity contribution is 0.109. The summed E-state index contributed by atoms with van der Waals surface area (Å²) in [6.45, 7) is 3.98. The molecule has 0 aromatic rings. The molecule has 1 saturated heterocycles. The number of unbranched alkanes of at least 4 members (excludes halogenated alkanes) is 1. The van der Waals surface area contributed by atoms with E-state index in [4.69, 9.17) is 10.5 Å². The van der Waals surface area contributed by atoms with Gasteiger partial charge in [0, 0.05) is 19.1 Å². The van der Waals surface area contributed by atoms with Gasteiger partial charge >= 0.3 is 6.09 Å². The lowest BCUT2D eigenvalue weighted by atomic mass is 10.3. The number of hydrogen-bond acceptors (Lipinski definition) is 3. The number of amides is 1. The lowest BCUT2D eigenvalue weighted by Crippen LogP contribution is -2.32. The monoisotopic (exact) mass is 186 g/mol. The molecule has 0 spiro atoms. The molecule has 0 saturated carbocycles. The first-order valence-corrected chi connectivity index (χ1v) is 4.91. The molecule has 0 aromatic carbocycles. The molecule has 1 aliphatic heterocycles. The molecule has 4 nitrogen and oxygen atoms in total. The fourth-order valence-corrected chi connectivity index (χ4v) is 1.35. The van der Waals surface area contributed by atoms with Crippen LogP contribution in [0.15, 0.2) is 0 Å². The SMILES string of the molecule is CCCCOC(=O)N1CC[C@H](N)C1. The molecule has 0 aromatic heterocycles. The first kappa shape index (κ1) is 10.3. The summed E-state index contributed by atoms with van der Waals surface area (Å²) in [5, 5.41) is 0. The Morgan fingerprint density at radius 2 is 2.46 bits per heavy atom. The lowest BCUT2D eigenvalue weighted by Gasteiger charge is -2.15. The maximum absolute atomic E-state index is 11.3. The molecular weight excluding hydrogens is 168 g/mol. The van der Waals surface area contributed by atoms with Gasteiger partial charge < -0.3 is 15.4 Å². The topological polar surface area (TPSA) is 55.6 Å². The van der Waals surface area contributed by atoms with Crippen molar-refractivity contribution in [1.82, 2.24) is 4.90 Å². The molecule has 0 radical (unpaired) electrons. The summed E-state index contributed by atoms with van der Waals surface area (Å²) in [6, 6.07) is 0.138. The standard InChI is InChI=1S/C9H18N2O2/c1-2-3-6-13-9(12)11-5-4-8(10)7-11/h8H,2-7,10H2,1H3/t8-/m0/s1. The van der Waals surface area contributed by atoms with Crippen LogP contribution in [0.4, 0.5) is 4.79 Å². The Morgan fingerprint density at radius 1 is 1.69 bits per heavy atom. The molecule has 0 unspecified atom stereocenters.